The molecular weight excluding hydrogens is 254 g/mol. The van der Waals surface area contributed by atoms with E-state index in [9.17, 15) is 4.79 Å². The maximum atomic E-state index is 11.3. The Morgan fingerprint density at radius 1 is 1.45 bits per heavy atom. The van der Waals surface area contributed by atoms with Crippen molar-refractivity contribution in [3.05, 3.63) is 11.6 Å². The second-order valence-corrected chi connectivity index (χ2v) is 5.16. The van der Waals surface area contributed by atoms with Crippen LogP contribution >= 0.6 is 0 Å². The molecule has 0 spiro atoms. The van der Waals surface area contributed by atoms with Crippen LogP contribution in [0.3, 0.4) is 0 Å². The summed E-state index contributed by atoms with van der Waals surface area (Å²) >= 11 is 0. The molecule has 0 saturated carbocycles. The molecule has 1 unspecified atom stereocenters. The number of allylic oxidation sites excluding steroid dienone is 1. The number of rotatable bonds is 6. The molecule has 1 atom stereocenters. The molecule has 5 heteroatoms. The molecule has 0 aromatic rings. The molecule has 0 aromatic heterocycles. The van der Waals surface area contributed by atoms with E-state index in [1.54, 1.807) is 12.6 Å². The van der Waals surface area contributed by atoms with Crippen molar-refractivity contribution in [2.45, 2.75) is 39.0 Å². The third kappa shape index (κ3) is 6.08. The van der Waals surface area contributed by atoms with Gasteiger partial charge in [0.1, 0.15) is 0 Å². The van der Waals surface area contributed by atoms with Crippen LogP contribution in [-0.2, 0) is 9.53 Å². The quantitative estimate of drug-likeness (QED) is 0.337. The SMILES string of the molecule is CN=C(NCCC1=CCCCC1)NCC(C)C(=O)OC. The molecule has 20 heavy (non-hydrogen) atoms. The number of esters is 1. The van der Waals surface area contributed by atoms with Gasteiger partial charge in [0.05, 0.1) is 13.0 Å². The molecule has 0 aliphatic heterocycles. The second-order valence-electron chi connectivity index (χ2n) is 5.16. The van der Waals surface area contributed by atoms with E-state index in [1.165, 1.54) is 32.8 Å². The average Bonchev–Trinajstić information content (AvgIpc) is 2.50. The third-order valence-corrected chi connectivity index (χ3v) is 3.53. The number of methoxy groups -OCH3 is 1. The summed E-state index contributed by atoms with van der Waals surface area (Å²) in [6.07, 6.45) is 8.51. The maximum absolute atomic E-state index is 11.3. The van der Waals surface area contributed by atoms with E-state index in [0.29, 0.717) is 6.54 Å². The third-order valence-electron chi connectivity index (χ3n) is 3.53. The fraction of sp³-hybridized carbons (Fsp3) is 0.733. The Kier molecular flexibility index (Phi) is 7.77. The van der Waals surface area contributed by atoms with Crippen LogP contribution < -0.4 is 10.6 Å². The summed E-state index contributed by atoms with van der Waals surface area (Å²) in [5.41, 5.74) is 1.54. The first-order chi connectivity index (χ1) is 9.67. The van der Waals surface area contributed by atoms with Gasteiger partial charge in [0.15, 0.2) is 5.96 Å². The Bertz CT molecular complexity index is 364. The summed E-state index contributed by atoms with van der Waals surface area (Å²) in [6.45, 7) is 3.23. The molecule has 0 radical (unpaired) electrons. The summed E-state index contributed by atoms with van der Waals surface area (Å²) in [5, 5.41) is 6.42. The minimum Gasteiger partial charge on any atom is -0.469 e. The van der Waals surface area contributed by atoms with Gasteiger partial charge in [0.25, 0.3) is 0 Å². The lowest BCUT2D eigenvalue weighted by Gasteiger charge is -2.16. The number of aliphatic imine (C=N–C) groups is 1. The number of nitrogens with one attached hydrogen (secondary N) is 2. The normalized spacial score (nSPS) is 17.1. The average molecular weight is 281 g/mol. The smallest absolute Gasteiger partial charge is 0.310 e. The Morgan fingerprint density at radius 2 is 2.25 bits per heavy atom. The van der Waals surface area contributed by atoms with E-state index in [4.69, 9.17) is 4.74 Å². The second kappa shape index (κ2) is 9.39. The Balaban J connectivity index is 2.22. The van der Waals surface area contributed by atoms with Crippen LogP contribution in [0.25, 0.3) is 0 Å². The number of hydrogen-bond donors (Lipinski definition) is 2. The van der Waals surface area contributed by atoms with Crippen LogP contribution in [0.4, 0.5) is 0 Å². The molecule has 0 fully saturated rings. The van der Waals surface area contributed by atoms with Gasteiger partial charge < -0.3 is 15.4 Å². The Labute approximate surface area is 121 Å². The van der Waals surface area contributed by atoms with E-state index in [2.05, 4.69) is 21.7 Å². The highest BCUT2D eigenvalue weighted by Crippen LogP contribution is 2.19. The van der Waals surface area contributed by atoms with Crippen LogP contribution in [0.1, 0.15) is 39.0 Å². The predicted octanol–water partition coefficient (Wildman–Crippen LogP) is 1.85. The van der Waals surface area contributed by atoms with Crippen LogP contribution in [0.5, 0.6) is 0 Å². The van der Waals surface area contributed by atoms with Gasteiger partial charge in [-0.25, -0.2) is 0 Å². The molecule has 5 nitrogen and oxygen atoms in total. The van der Waals surface area contributed by atoms with Crippen molar-refractivity contribution in [3.63, 3.8) is 0 Å². The summed E-state index contributed by atoms with van der Waals surface area (Å²) in [6, 6.07) is 0. The van der Waals surface area contributed by atoms with Gasteiger partial charge in [0.2, 0.25) is 0 Å². The van der Waals surface area contributed by atoms with E-state index < -0.39 is 0 Å². The lowest BCUT2D eigenvalue weighted by atomic mass is 9.97. The van der Waals surface area contributed by atoms with Gasteiger partial charge in [-0.05, 0) is 32.1 Å². The van der Waals surface area contributed by atoms with E-state index in [0.717, 1.165) is 18.9 Å². The first kappa shape index (κ1) is 16.5. The zero-order valence-corrected chi connectivity index (χ0v) is 12.9. The number of hydrogen-bond acceptors (Lipinski definition) is 3. The molecule has 1 aliphatic rings. The van der Waals surface area contributed by atoms with Gasteiger partial charge in [-0.15, -0.1) is 0 Å². The Morgan fingerprint density at radius 3 is 2.85 bits per heavy atom. The number of carbonyl (C=O) groups is 1. The van der Waals surface area contributed by atoms with Crippen molar-refractivity contribution < 1.29 is 9.53 Å². The molecule has 0 heterocycles. The lowest BCUT2D eigenvalue weighted by molar-refractivity contribution is -0.144. The lowest BCUT2D eigenvalue weighted by Crippen LogP contribution is -2.41. The van der Waals surface area contributed by atoms with Crippen LogP contribution in [-0.4, -0.2) is 39.2 Å². The van der Waals surface area contributed by atoms with Crippen LogP contribution in [0, 0.1) is 5.92 Å². The summed E-state index contributed by atoms with van der Waals surface area (Å²) in [4.78, 5) is 15.5. The molecule has 0 amide bonds. The van der Waals surface area contributed by atoms with Crippen LogP contribution in [0.2, 0.25) is 0 Å². The number of nitrogens with zero attached hydrogens (tertiary/aromatic N) is 1. The Hall–Kier alpha value is -1.52. The zero-order chi connectivity index (χ0) is 14.8. The van der Waals surface area contributed by atoms with Crippen molar-refractivity contribution in [3.8, 4) is 0 Å². The predicted molar refractivity (Wildman–Crippen MR) is 81.7 cm³/mol. The van der Waals surface area contributed by atoms with Crippen molar-refractivity contribution in [1.29, 1.82) is 0 Å². The summed E-state index contributed by atoms with van der Waals surface area (Å²) in [5.74, 6) is 0.345. The van der Waals surface area contributed by atoms with Gasteiger partial charge in [-0.1, -0.05) is 18.6 Å². The van der Waals surface area contributed by atoms with Crippen molar-refractivity contribution >= 4 is 11.9 Å². The standard InChI is InChI=1S/C15H27N3O2/c1-12(14(19)20-3)11-18-15(16-2)17-10-9-13-7-5-4-6-8-13/h7,12H,4-6,8-11H2,1-3H3,(H2,16,17,18). The molecule has 0 saturated heterocycles. The molecule has 1 rings (SSSR count). The molecule has 0 aromatic carbocycles. The van der Waals surface area contributed by atoms with E-state index in [-0.39, 0.29) is 11.9 Å². The van der Waals surface area contributed by atoms with Gasteiger partial charge >= 0.3 is 5.97 Å². The van der Waals surface area contributed by atoms with Gasteiger partial charge in [-0.2, -0.15) is 0 Å². The molecule has 1 aliphatic carbocycles. The minimum absolute atomic E-state index is 0.181. The summed E-state index contributed by atoms with van der Waals surface area (Å²) < 4.78 is 4.69. The van der Waals surface area contributed by atoms with Crippen LogP contribution in [0.15, 0.2) is 16.6 Å². The monoisotopic (exact) mass is 281 g/mol. The number of carbonyl (C=O) groups excluding carboxylic acids is 1. The highest BCUT2D eigenvalue weighted by atomic mass is 16.5. The fourth-order valence-corrected chi connectivity index (χ4v) is 2.23. The molecular formula is C15H27N3O2. The largest absolute Gasteiger partial charge is 0.469 e. The van der Waals surface area contributed by atoms with Crippen molar-refractivity contribution in [2.75, 3.05) is 27.2 Å². The van der Waals surface area contributed by atoms with E-state index in [1.807, 2.05) is 6.92 Å². The van der Waals surface area contributed by atoms with Crippen molar-refractivity contribution in [1.82, 2.24) is 10.6 Å². The first-order valence-electron chi connectivity index (χ1n) is 7.37. The molecule has 114 valence electrons. The number of ether oxygens (including phenoxy) is 1. The topological polar surface area (TPSA) is 62.7 Å². The fourth-order valence-electron chi connectivity index (χ4n) is 2.23. The minimum atomic E-state index is -0.208. The van der Waals surface area contributed by atoms with Gasteiger partial charge in [-0.3, -0.25) is 9.79 Å². The highest BCUT2D eigenvalue weighted by molar-refractivity contribution is 5.80. The summed E-state index contributed by atoms with van der Waals surface area (Å²) in [7, 11) is 3.14. The maximum Gasteiger partial charge on any atom is 0.310 e. The van der Waals surface area contributed by atoms with Crippen molar-refractivity contribution in [2.24, 2.45) is 10.9 Å². The van der Waals surface area contributed by atoms with E-state index >= 15 is 0 Å². The highest BCUT2D eigenvalue weighted by Gasteiger charge is 2.13. The van der Waals surface area contributed by atoms with Gasteiger partial charge in [0, 0.05) is 20.1 Å². The number of guanidine groups is 1. The molecule has 2 N–H and O–H groups in total. The first-order valence-corrected chi connectivity index (χ1v) is 7.37. The molecule has 0 bridgehead atoms. The zero-order valence-electron chi connectivity index (χ0n) is 12.9.